The molecule has 1 aromatic heterocycles. The second-order valence-electron chi connectivity index (χ2n) is 4.04. The van der Waals surface area contributed by atoms with Crippen LogP contribution >= 0.6 is 0 Å². The summed E-state index contributed by atoms with van der Waals surface area (Å²) in [5.74, 6) is 0. The molecule has 0 aliphatic carbocycles. The highest BCUT2D eigenvalue weighted by atomic mass is 16.1. The van der Waals surface area contributed by atoms with Crippen LogP contribution in [0.4, 0.5) is 0 Å². The standard InChI is InChI=1S/C13H16N2O/c1-3-12-8-13(16)15(14-12)9-11-6-4-10(2)5-7-11/h4-8,14H,3,9H2,1-2H3. The zero-order chi connectivity index (χ0) is 11.5. The maximum atomic E-state index is 11.6. The van der Waals surface area contributed by atoms with Gasteiger partial charge in [0.15, 0.2) is 0 Å². The molecule has 1 heterocycles. The number of benzene rings is 1. The van der Waals surface area contributed by atoms with Crippen molar-refractivity contribution >= 4 is 0 Å². The van der Waals surface area contributed by atoms with E-state index in [2.05, 4.69) is 24.2 Å². The number of nitrogens with zero attached hydrogens (tertiary/aromatic N) is 1. The molecule has 0 radical (unpaired) electrons. The molecule has 0 saturated carbocycles. The van der Waals surface area contributed by atoms with Gasteiger partial charge < -0.3 is 0 Å². The Morgan fingerprint density at radius 2 is 1.94 bits per heavy atom. The topological polar surface area (TPSA) is 37.8 Å². The molecule has 0 spiro atoms. The van der Waals surface area contributed by atoms with Gasteiger partial charge in [-0.25, -0.2) is 4.68 Å². The van der Waals surface area contributed by atoms with Crippen molar-refractivity contribution in [2.45, 2.75) is 26.8 Å². The van der Waals surface area contributed by atoms with Gasteiger partial charge in [0.25, 0.3) is 5.56 Å². The summed E-state index contributed by atoms with van der Waals surface area (Å²) in [4.78, 5) is 11.6. The van der Waals surface area contributed by atoms with Crippen molar-refractivity contribution in [2.75, 3.05) is 0 Å². The Labute approximate surface area is 94.7 Å². The van der Waals surface area contributed by atoms with Crippen molar-refractivity contribution in [3.63, 3.8) is 0 Å². The quantitative estimate of drug-likeness (QED) is 0.838. The Hall–Kier alpha value is -1.77. The van der Waals surface area contributed by atoms with E-state index in [0.717, 1.165) is 17.7 Å². The lowest BCUT2D eigenvalue weighted by atomic mass is 10.1. The number of nitrogens with one attached hydrogen (secondary N) is 1. The van der Waals surface area contributed by atoms with Crippen LogP contribution < -0.4 is 5.56 Å². The Bertz CT molecular complexity index is 520. The highest BCUT2D eigenvalue weighted by Gasteiger charge is 2.01. The van der Waals surface area contributed by atoms with Crippen molar-refractivity contribution in [1.82, 2.24) is 9.78 Å². The van der Waals surface area contributed by atoms with E-state index < -0.39 is 0 Å². The second kappa shape index (κ2) is 4.39. The van der Waals surface area contributed by atoms with Crippen LogP contribution in [-0.2, 0) is 13.0 Å². The van der Waals surface area contributed by atoms with E-state index >= 15 is 0 Å². The van der Waals surface area contributed by atoms with E-state index in [0.29, 0.717) is 6.54 Å². The van der Waals surface area contributed by atoms with Crippen LogP contribution in [0.25, 0.3) is 0 Å². The minimum atomic E-state index is 0.0393. The van der Waals surface area contributed by atoms with E-state index in [1.54, 1.807) is 10.7 Å². The summed E-state index contributed by atoms with van der Waals surface area (Å²) in [5, 5.41) is 3.10. The normalized spacial score (nSPS) is 10.6. The molecule has 0 atom stereocenters. The summed E-state index contributed by atoms with van der Waals surface area (Å²) in [6.07, 6.45) is 0.857. The van der Waals surface area contributed by atoms with Gasteiger partial charge in [-0.15, -0.1) is 0 Å². The Morgan fingerprint density at radius 1 is 1.25 bits per heavy atom. The van der Waals surface area contributed by atoms with E-state index in [-0.39, 0.29) is 5.56 Å². The van der Waals surface area contributed by atoms with Crippen LogP contribution in [0.5, 0.6) is 0 Å². The Kier molecular flexibility index (Phi) is 2.95. The van der Waals surface area contributed by atoms with Crippen molar-refractivity contribution in [3.05, 3.63) is 57.5 Å². The van der Waals surface area contributed by atoms with Crippen molar-refractivity contribution in [2.24, 2.45) is 0 Å². The average Bonchev–Trinajstić information content (AvgIpc) is 2.63. The molecule has 0 aliphatic rings. The average molecular weight is 216 g/mol. The summed E-state index contributed by atoms with van der Waals surface area (Å²) in [6, 6.07) is 9.88. The van der Waals surface area contributed by atoms with Crippen LogP contribution in [0.3, 0.4) is 0 Å². The molecule has 3 nitrogen and oxygen atoms in total. The van der Waals surface area contributed by atoms with Gasteiger partial charge in [0.1, 0.15) is 0 Å². The molecule has 84 valence electrons. The SMILES string of the molecule is CCc1cc(=O)n(Cc2ccc(C)cc2)[nH]1. The fourth-order valence-electron chi connectivity index (χ4n) is 1.66. The zero-order valence-electron chi connectivity index (χ0n) is 9.66. The largest absolute Gasteiger partial charge is 0.299 e. The third-order valence-corrected chi connectivity index (χ3v) is 2.68. The second-order valence-corrected chi connectivity index (χ2v) is 4.04. The number of hydrogen-bond donors (Lipinski definition) is 1. The van der Waals surface area contributed by atoms with Crippen LogP contribution in [0.2, 0.25) is 0 Å². The van der Waals surface area contributed by atoms with Crippen molar-refractivity contribution in [3.8, 4) is 0 Å². The molecule has 0 fully saturated rings. The molecule has 2 aromatic rings. The summed E-state index contributed by atoms with van der Waals surface area (Å²) in [6.45, 7) is 4.69. The number of rotatable bonds is 3. The van der Waals surface area contributed by atoms with Gasteiger partial charge in [0.2, 0.25) is 0 Å². The lowest BCUT2D eigenvalue weighted by Crippen LogP contribution is -2.16. The molecular weight excluding hydrogens is 200 g/mol. The molecule has 1 aromatic carbocycles. The van der Waals surface area contributed by atoms with Crippen LogP contribution in [0.1, 0.15) is 23.7 Å². The van der Waals surface area contributed by atoms with Gasteiger partial charge >= 0.3 is 0 Å². The fourth-order valence-corrected chi connectivity index (χ4v) is 1.66. The highest BCUT2D eigenvalue weighted by molar-refractivity contribution is 5.21. The molecule has 0 bridgehead atoms. The molecule has 3 heteroatoms. The number of aromatic amines is 1. The molecule has 0 aliphatic heterocycles. The van der Waals surface area contributed by atoms with Gasteiger partial charge in [-0.05, 0) is 18.9 Å². The Balaban J connectivity index is 2.23. The zero-order valence-corrected chi connectivity index (χ0v) is 9.66. The first-order chi connectivity index (χ1) is 7.69. The smallest absolute Gasteiger partial charge is 0.267 e. The third-order valence-electron chi connectivity index (χ3n) is 2.68. The first kappa shape index (κ1) is 10.7. The minimum Gasteiger partial charge on any atom is -0.299 e. The summed E-state index contributed by atoms with van der Waals surface area (Å²) < 4.78 is 1.64. The van der Waals surface area contributed by atoms with E-state index in [9.17, 15) is 4.79 Å². The first-order valence-electron chi connectivity index (χ1n) is 5.53. The number of aryl methyl sites for hydroxylation is 2. The molecule has 2 rings (SSSR count). The summed E-state index contributed by atoms with van der Waals surface area (Å²) in [7, 11) is 0. The molecule has 0 unspecified atom stereocenters. The van der Waals surface area contributed by atoms with Gasteiger partial charge in [0, 0.05) is 11.8 Å². The fraction of sp³-hybridized carbons (Fsp3) is 0.308. The van der Waals surface area contributed by atoms with E-state index in [1.807, 2.05) is 19.1 Å². The number of aromatic nitrogens is 2. The summed E-state index contributed by atoms with van der Waals surface area (Å²) >= 11 is 0. The highest BCUT2D eigenvalue weighted by Crippen LogP contribution is 2.04. The third kappa shape index (κ3) is 2.24. The molecule has 0 amide bonds. The molecule has 0 saturated heterocycles. The maximum absolute atomic E-state index is 11.6. The van der Waals surface area contributed by atoms with Crippen LogP contribution in [-0.4, -0.2) is 9.78 Å². The van der Waals surface area contributed by atoms with Gasteiger partial charge in [0.05, 0.1) is 6.54 Å². The summed E-state index contributed by atoms with van der Waals surface area (Å²) in [5.41, 5.74) is 3.39. The van der Waals surface area contributed by atoms with Crippen LogP contribution in [0, 0.1) is 6.92 Å². The molecular formula is C13H16N2O. The monoisotopic (exact) mass is 216 g/mol. The predicted molar refractivity (Wildman–Crippen MR) is 64.7 cm³/mol. The molecule has 16 heavy (non-hydrogen) atoms. The van der Waals surface area contributed by atoms with Gasteiger partial charge in [-0.3, -0.25) is 9.89 Å². The number of H-pyrrole nitrogens is 1. The molecule has 1 N–H and O–H groups in total. The van der Waals surface area contributed by atoms with Crippen molar-refractivity contribution < 1.29 is 0 Å². The minimum absolute atomic E-state index is 0.0393. The first-order valence-corrected chi connectivity index (χ1v) is 5.53. The Morgan fingerprint density at radius 3 is 2.50 bits per heavy atom. The van der Waals surface area contributed by atoms with E-state index in [1.165, 1.54) is 5.56 Å². The van der Waals surface area contributed by atoms with E-state index in [4.69, 9.17) is 0 Å². The maximum Gasteiger partial charge on any atom is 0.267 e. The van der Waals surface area contributed by atoms with Gasteiger partial charge in [-0.2, -0.15) is 0 Å². The number of hydrogen-bond acceptors (Lipinski definition) is 1. The lowest BCUT2D eigenvalue weighted by molar-refractivity contribution is 0.653. The lowest BCUT2D eigenvalue weighted by Gasteiger charge is -2.02. The van der Waals surface area contributed by atoms with Crippen molar-refractivity contribution in [1.29, 1.82) is 0 Å². The predicted octanol–water partition coefficient (Wildman–Crippen LogP) is 2.10. The van der Waals surface area contributed by atoms with Crippen LogP contribution in [0.15, 0.2) is 35.1 Å². The van der Waals surface area contributed by atoms with Gasteiger partial charge in [-0.1, -0.05) is 36.8 Å².